The van der Waals surface area contributed by atoms with Gasteiger partial charge in [0.1, 0.15) is 17.5 Å². The normalized spacial score (nSPS) is 10.8. The number of rotatable bonds is 3. The van der Waals surface area contributed by atoms with Crippen LogP contribution in [0.1, 0.15) is 15.9 Å². The average molecular weight is 455 g/mol. The number of aromatic carboxylic acids is 1. The number of H-pyrrole nitrogens is 1. The van der Waals surface area contributed by atoms with E-state index in [2.05, 4.69) is 4.98 Å². The van der Waals surface area contributed by atoms with Crippen LogP contribution in [0.5, 0.6) is 0 Å². The van der Waals surface area contributed by atoms with Crippen molar-refractivity contribution < 1.29 is 23.1 Å². The first-order chi connectivity index (χ1) is 15.2. The predicted molar refractivity (Wildman–Crippen MR) is 112 cm³/mol. The fraction of sp³-hybridized carbons (Fsp3) is 0. The molecule has 0 aliphatic heterocycles. The minimum absolute atomic E-state index is 0.145. The van der Waals surface area contributed by atoms with Crippen molar-refractivity contribution in [3.05, 3.63) is 92.4 Å². The van der Waals surface area contributed by atoms with E-state index >= 15 is 4.39 Å². The van der Waals surface area contributed by atoms with Crippen molar-refractivity contribution in [2.45, 2.75) is 0 Å². The molecule has 0 bridgehead atoms. The lowest BCUT2D eigenvalue weighted by Gasteiger charge is -2.12. The molecular weight excluding hydrogens is 445 g/mol. The van der Waals surface area contributed by atoms with Gasteiger partial charge in [0.2, 0.25) is 0 Å². The van der Waals surface area contributed by atoms with Crippen LogP contribution in [0.15, 0.2) is 53.3 Å². The first-order valence-electron chi connectivity index (χ1n) is 8.99. The van der Waals surface area contributed by atoms with E-state index in [1.165, 1.54) is 18.2 Å². The van der Waals surface area contributed by atoms with Gasteiger partial charge in [-0.05, 0) is 42.0 Å². The zero-order chi connectivity index (χ0) is 23.2. The molecule has 0 saturated heterocycles. The molecule has 0 aliphatic rings. The molecule has 3 aromatic carbocycles. The molecule has 32 heavy (non-hydrogen) atoms. The fourth-order valence-electron chi connectivity index (χ4n) is 3.40. The van der Waals surface area contributed by atoms with Gasteiger partial charge in [-0.25, -0.2) is 18.0 Å². The van der Waals surface area contributed by atoms with E-state index in [0.717, 1.165) is 30.3 Å². The van der Waals surface area contributed by atoms with Gasteiger partial charge in [0.25, 0.3) is 0 Å². The second kappa shape index (κ2) is 7.87. The summed E-state index contributed by atoms with van der Waals surface area (Å²) in [6.07, 6.45) is 0. The van der Waals surface area contributed by atoms with Gasteiger partial charge in [0.15, 0.2) is 5.43 Å². The SMILES string of the molecule is N#Cc1ccc(Cl)c(-c2cc(=O)c3c(F)c(-c4ccc(F)c(C(=O)O)c4)c(F)cc3[nH]2)c1. The number of carboxylic acids is 1. The number of carbonyl (C=O) groups is 1. The maximum Gasteiger partial charge on any atom is 0.338 e. The van der Waals surface area contributed by atoms with Gasteiger partial charge in [0, 0.05) is 16.7 Å². The highest BCUT2D eigenvalue weighted by Crippen LogP contribution is 2.33. The highest BCUT2D eigenvalue weighted by Gasteiger charge is 2.21. The summed E-state index contributed by atoms with van der Waals surface area (Å²) in [4.78, 5) is 26.7. The molecule has 0 unspecified atom stereocenters. The zero-order valence-corrected chi connectivity index (χ0v) is 16.6. The van der Waals surface area contributed by atoms with Crippen LogP contribution in [-0.2, 0) is 0 Å². The van der Waals surface area contributed by atoms with Crippen molar-refractivity contribution >= 4 is 28.5 Å². The number of nitrogens with one attached hydrogen (secondary N) is 1. The number of nitriles is 1. The van der Waals surface area contributed by atoms with E-state index in [0.29, 0.717) is 5.56 Å². The van der Waals surface area contributed by atoms with Crippen molar-refractivity contribution in [1.29, 1.82) is 5.26 Å². The van der Waals surface area contributed by atoms with Crippen molar-refractivity contribution in [2.24, 2.45) is 0 Å². The van der Waals surface area contributed by atoms with Crippen LogP contribution in [0.3, 0.4) is 0 Å². The molecule has 9 heteroatoms. The summed E-state index contributed by atoms with van der Waals surface area (Å²) in [5.41, 5.74) is -1.94. The van der Waals surface area contributed by atoms with Crippen molar-refractivity contribution in [1.82, 2.24) is 4.98 Å². The zero-order valence-electron chi connectivity index (χ0n) is 15.8. The van der Waals surface area contributed by atoms with E-state index in [9.17, 15) is 18.4 Å². The molecule has 1 heterocycles. The predicted octanol–water partition coefficient (Wildman–Crippen LogP) is 5.50. The van der Waals surface area contributed by atoms with E-state index in [-0.39, 0.29) is 27.4 Å². The monoisotopic (exact) mass is 454 g/mol. The van der Waals surface area contributed by atoms with Gasteiger partial charge in [0.05, 0.1) is 39.4 Å². The Morgan fingerprint density at radius 1 is 1.03 bits per heavy atom. The Kier molecular flexibility index (Phi) is 5.20. The number of hydrogen-bond donors (Lipinski definition) is 2. The number of carboxylic acid groups (broad SMARTS) is 1. The molecule has 4 aromatic rings. The standard InChI is InChI=1S/C23H10ClF3N2O3/c24-14-3-1-10(9-28)5-12(14)17-8-19(30)21-18(29-17)7-16(26)20(22(21)27)11-2-4-15(25)13(6-11)23(31)32/h1-8H,(H,29,30)(H,31,32). The van der Waals surface area contributed by atoms with Crippen LogP contribution < -0.4 is 5.43 Å². The summed E-state index contributed by atoms with van der Waals surface area (Å²) in [5.74, 6) is -5.00. The maximum absolute atomic E-state index is 15.3. The number of aromatic nitrogens is 1. The van der Waals surface area contributed by atoms with Gasteiger partial charge in [-0.3, -0.25) is 4.79 Å². The number of fused-ring (bicyclic) bond motifs is 1. The third-order valence-corrected chi connectivity index (χ3v) is 5.21. The van der Waals surface area contributed by atoms with Crippen LogP contribution in [0.2, 0.25) is 5.02 Å². The number of halogens is 4. The molecule has 158 valence electrons. The molecule has 2 N–H and O–H groups in total. The van der Waals surface area contributed by atoms with Gasteiger partial charge < -0.3 is 10.1 Å². The fourth-order valence-corrected chi connectivity index (χ4v) is 3.62. The molecule has 4 rings (SSSR count). The minimum Gasteiger partial charge on any atom is -0.478 e. The highest BCUT2D eigenvalue weighted by molar-refractivity contribution is 6.33. The third kappa shape index (κ3) is 3.49. The Morgan fingerprint density at radius 2 is 1.78 bits per heavy atom. The molecule has 5 nitrogen and oxygen atoms in total. The largest absolute Gasteiger partial charge is 0.478 e. The molecule has 0 saturated carbocycles. The second-order valence-electron chi connectivity index (χ2n) is 6.82. The van der Waals surface area contributed by atoms with Gasteiger partial charge >= 0.3 is 5.97 Å². The number of pyridine rings is 1. The second-order valence-corrected chi connectivity index (χ2v) is 7.23. The average Bonchev–Trinajstić information content (AvgIpc) is 2.74. The summed E-state index contributed by atoms with van der Waals surface area (Å²) in [7, 11) is 0. The van der Waals surface area contributed by atoms with Crippen LogP contribution >= 0.6 is 11.6 Å². The number of nitrogens with zero attached hydrogens (tertiary/aromatic N) is 1. The molecule has 0 amide bonds. The van der Waals surface area contributed by atoms with Gasteiger partial charge in [-0.2, -0.15) is 5.26 Å². The topological polar surface area (TPSA) is 93.9 Å². The lowest BCUT2D eigenvalue weighted by atomic mass is 9.98. The molecule has 0 spiro atoms. The summed E-state index contributed by atoms with van der Waals surface area (Å²) in [6.45, 7) is 0. The molecule has 0 atom stereocenters. The van der Waals surface area contributed by atoms with E-state index < -0.39 is 45.4 Å². The Morgan fingerprint density at radius 3 is 2.47 bits per heavy atom. The summed E-state index contributed by atoms with van der Waals surface area (Å²) >= 11 is 6.15. The van der Waals surface area contributed by atoms with Crippen LogP contribution in [-0.4, -0.2) is 16.1 Å². The van der Waals surface area contributed by atoms with E-state index in [4.69, 9.17) is 22.0 Å². The Bertz CT molecular complexity index is 1540. The minimum atomic E-state index is -1.61. The van der Waals surface area contributed by atoms with Gasteiger partial charge in [-0.1, -0.05) is 17.7 Å². The summed E-state index contributed by atoms with van der Waals surface area (Å²) in [5, 5.41) is 17.9. The van der Waals surface area contributed by atoms with E-state index in [1.807, 2.05) is 6.07 Å². The summed E-state index contributed by atoms with van der Waals surface area (Å²) in [6, 6.07) is 10.8. The Balaban J connectivity index is 1.97. The van der Waals surface area contributed by atoms with Crippen LogP contribution in [0.25, 0.3) is 33.3 Å². The smallest absolute Gasteiger partial charge is 0.338 e. The first kappa shape index (κ1) is 21.2. The molecule has 1 aromatic heterocycles. The van der Waals surface area contributed by atoms with Crippen LogP contribution in [0.4, 0.5) is 13.2 Å². The number of benzene rings is 3. The Labute approximate surface area is 182 Å². The highest BCUT2D eigenvalue weighted by atomic mass is 35.5. The molecule has 0 aliphatic carbocycles. The van der Waals surface area contributed by atoms with Crippen molar-refractivity contribution in [3.63, 3.8) is 0 Å². The molecule has 0 fully saturated rings. The van der Waals surface area contributed by atoms with Crippen LogP contribution in [0, 0.1) is 28.8 Å². The Hall–Kier alpha value is -4.09. The summed E-state index contributed by atoms with van der Waals surface area (Å²) < 4.78 is 43.9. The lowest BCUT2D eigenvalue weighted by Crippen LogP contribution is -2.08. The quantitative estimate of drug-likeness (QED) is 0.427. The number of hydrogen-bond acceptors (Lipinski definition) is 3. The van der Waals surface area contributed by atoms with E-state index in [1.54, 1.807) is 0 Å². The number of aromatic amines is 1. The maximum atomic E-state index is 15.3. The van der Waals surface area contributed by atoms with Gasteiger partial charge in [-0.15, -0.1) is 0 Å². The lowest BCUT2D eigenvalue weighted by molar-refractivity contribution is 0.0692. The third-order valence-electron chi connectivity index (χ3n) is 4.88. The first-order valence-corrected chi connectivity index (χ1v) is 9.37. The molecule has 0 radical (unpaired) electrons. The van der Waals surface area contributed by atoms with Crippen molar-refractivity contribution in [3.8, 4) is 28.5 Å². The van der Waals surface area contributed by atoms with Crippen molar-refractivity contribution in [2.75, 3.05) is 0 Å². The molecular formula is C23H10ClF3N2O3.